The number of rotatable bonds is 2. The van der Waals surface area contributed by atoms with Gasteiger partial charge < -0.3 is 5.73 Å². The Balaban J connectivity index is 0.00000180. The molecule has 0 aliphatic rings. The van der Waals surface area contributed by atoms with Gasteiger partial charge in [0, 0.05) is 6.20 Å². The summed E-state index contributed by atoms with van der Waals surface area (Å²) < 4.78 is 37.2. The second-order valence-corrected chi connectivity index (χ2v) is 3.85. The molecule has 0 spiro atoms. The largest absolute Gasteiger partial charge is 0.416 e. The van der Waals surface area contributed by atoms with Gasteiger partial charge in [-0.15, -0.1) is 0 Å². The molecule has 1 atom stereocenters. The molecule has 0 aliphatic carbocycles. The number of pyridine rings is 1. The molecular weight excluding hydrogens is 253 g/mol. The Hall–Kier alpha value is -1.88. The Morgan fingerprint density at radius 3 is 2.11 bits per heavy atom. The molecule has 0 saturated heterocycles. The van der Waals surface area contributed by atoms with E-state index in [1.54, 1.807) is 24.4 Å². The van der Waals surface area contributed by atoms with E-state index in [9.17, 15) is 13.2 Å². The van der Waals surface area contributed by atoms with E-state index in [1.165, 1.54) is 12.1 Å². The van der Waals surface area contributed by atoms with Gasteiger partial charge in [-0.05, 0) is 29.8 Å². The molecule has 2 rings (SSSR count). The quantitative estimate of drug-likeness (QED) is 0.900. The number of hydrogen-bond donors (Lipinski definition) is 1. The minimum atomic E-state index is -4.33. The van der Waals surface area contributed by atoms with Gasteiger partial charge in [-0.2, -0.15) is 13.2 Å². The molecule has 2 N–H and O–H groups in total. The Bertz CT molecular complexity index is 506. The smallest absolute Gasteiger partial charge is 0.319 e. The van der Waals surface area contributed by atoms with Crippen molar-refractivity contribution < 1.29 is 13.2 Å². The summed E-state index contributed by atoms with van der Waals surface area (Å²) in [5, 5.41) is 0. The first-order chi connectivity index (χ1) is 8.48. The van der Waals surface area contributed by atoms with E-state index < -0.39 is 17.8 Å². The number of nitrogens with zero attached hydrogens (tertiary/aromatic N) is 1. The van der Waals surface area contributed by atoms with Crippen molar-refractivity contribution in [1.82, 2.24) is 4.98 Å². The van der Waals surface area contributed by atoms with Crippen LogP contribution >= 0.6 is 0 Å². The molecule has 1 heterocycles. The first-order valence-corrected chi connectivity index (χ1v) is 5.32. The van der Waals surface area contributed by atoms with Gasteiger partial charge in [0.2, 0.25) is 0 Å². The third-order valence-electron chi connectivity index (χ3n) is 2.60. The molecule has 0 fully saturated rings. The van der Waals surface area contributed by atoms with Crippen molar-refractivity contribution in [3.05, 3.63) is 65.5 Å². The maximum Gasteiger partial charge on any atom is 0.416 e. The summed E-state index contributed by atoms with van der Waals surface area (Å²) >= 11 is 0. The number of nitrogens with two attached hydrogens (primary N) is 1. The molecule has 1 aromatic heterocycles. The van der Waals surface area contributed by atoms with Crippen LogP contribution in [-0.2, 0) is 6.18 Å². The van der Waals surface area contributed by atoms with Crippen LogP contribution in [0.5, 0.6) is 0 Å². The Morgan fingerprint density at radius 2 is 1.63 bits per heavy atom. The standard InChI is InChI=1S/C13H11F3N2.CH4/c14-13(15,16)10-6-4-9(5-7-10)12(17)11-3-1-2-8-18-11;/h1-8,12H,17H2;1H4/t12-;/m0./s1. The molecule has 0 radical (unpaired) electrons. The second-order valence-electron chi connectivity index (χ2n) is 3.85. The van der Waals surface area contributed by atoms with Gasteiger partial charge in [-0.3, -0.25) is 4.98 Å². The first kappa shape index (κ1) is 15.2. The fraction of sp³-hybridized carbons (Fsp3) is 0.214. The summed E-state index contributed by atoms with van der Waals surface area (Å²) in [6.07, 6.45) is -2.73. The van der Waals surface area contributed by atoms with Gasteiger partial charge in [-0.25, -0.2) is 0 Å². The molecule has 102 valence electrons. The highest BCUT2D eigenvalue weighted by Gasteiger charge is 2.30. The SMILES string of the molecule is C.N[C@@H](c1ccc(C(F)(F)F)cc1)c1ccccn1. The molecule has 0 saturated carbocycles. The van der Waals surface area contributed by atoms with Crippen molar-refractivity contribution in [1.29, 1.82) is 0 Å². The summed E-state index contributed by atoms with van der Waals surface area (Å²) in [6.45, 7) is 0. The molecule has 2 nitrogen and oxygen atoms in total. The monoisotopic (exact) mass is 268 g/mol. The predicted molar refractivity (Wildman–Crippen MR) is 68.4 cm³/mol. The van der Waals surface area contributed by atoms with Crippen molar-refractivity contribution in [3.8, 4) is 0 Å². The van der Waals surface area contributed by atoms with E-state index >= 15 is 0 Å². The number of aromatic nitrogens is 1. The van der Waals surface area contributed by atoms with Crippen LogP contribution in [0, 0.1) is 0 Å². The lowest BCUT2D eigenvalue weighted by molar-refractivity contribution is -0.137. The fourth-order valence-electron chi connectivity index (χ4n) is 1.61. The lowest BCUT2D eigenvalue weighted by Crippen LogP contribution is -2.14. The third-order valence-corrected chi connectivity index (χ3v) is 2.60. The zero-order chi connectivity index (χ0) is 13.2. The van der Waals surface area contributed by atoms with Crippen molar-refractivity contribution in [3.63, 3.8) is 0 Å². The van der Waals surface area contributed by atoms with Crippen molar-refractivity contribution in [2.45, 2.75) is 19.6 Å². The second kappa shape index (κ2) is 5.84. The molecule has 0 unspecified atom stereocenters. The molecule has 0 amide bonds. The molecule has 1 aromatic carbocycles. The van der Waals surface area contributed by atoms with Gasteiger partial charge in [0.25, 0.3) is 0 Å². The molecule has 2 aromatic rings. The highest BCUT2D eigenvalue weighted by Crippen LogP contribution is 2.30. The van der Waals surface area contributed by atoms with Gasteiger partial charge in [0.15, 0.2) is 0 Å². The van der Waals surface area contributed by atoms with Gasteiger partial charge >= 0.3 is 6.18 Å². The number of halogens is 3. The number of hydrogen-bond acceptors (Lipinski definition) is 2. The maximum absolute atomic E-state index is 12.4. The molecule has 19 heavy (non-hydrogen) atoms. The van der Waals surface area contributed by atoms with Crippen LogP contribution in [0.4, 0.5) is 13.2 Å². The molecule has 0 aliphatic heterocycles. The van der Waals surface area contributed by atoms with Crippen LogP contribution in [-0.4, -0.2) is 4.98 Å². The first-order valence-electron chi connectivity index (χ1n) is 5.32. The van der Waals surface area contributed by atoms with E-state index in [1.807, 2.05) is 0 Å². The van der Waals surface area contributed by atoms with E-state index in [0.717, 1.165) is 12.1 Å². The zero-order valence-corrected chi connectivity index (χ0v) is 9.35. The van der Waals surface area contributed by atoms with Gasteiger partial charge in [-0.1, -0.05) is 25.6 Å². The number of benzene rings is 1. The highest BCUT2D eigenvalue weighted by atomic mass is 19.4. The van der Waals surface area contributed by atoms with Crippen LogP contribution in [0.1, 0.15) is 30.3 Å². The topological polar surface area (TPSA) is 38.9 Å². The van der Waals surface area contributed by atoms with E-state index in [2.05, 4.69) is 4.98 Å². The Kier molecular flexibility index (Phi) is 4.67. The van der Waals surface area contributed by atoms with Crippen molar-refractivity contribution >= 4 is 0 Å². The minimum Gasteiger partial charge on any atom is -0.319 e. The molecule has 5 heteroatoms. The minimum absolute atomic E-state index is 0. The lowest BCUT2D eigenvalue weighted by atomic mass is 10.0. The summed E-state index contributed by atoms with van der Waals surface area (Å²) in [4.78, 5) is 4.08. The van der Waals surface area contributed by atoms with Crippen LogP contribution in [0.3, 0.4) is 0 Å². The summed E-state index contributed by atoms with van der Waals surface area (Å²) in [5.74, 6) is 0. The predicted octanol–water partition coefficient (Wildman–Crippen LogP) is 3.78. The summed E-state index contributed by atoms with van der Waals surface area (Å²) in [6, 6.07) is 9.56. The van der Waals surface area contributed by atoms with Crippen LogP contribution in [0.2, 0.25) is 0 Å². The summed E-state index contributed by atoms with van der Waals surface area (Å²) in [5.41, 5.74) is 6.47. The van der Waals surface area contributed by atoms with Crippen molar-refractivity contribution in [2.75, 3.05) is 0 Å². The fourth-order valence-corrected chi connectivity index (χ4v) is 1.61. The van der Waals surface area contributed by atoms with E-state index in [4.69, 9.17) is 5.73 Å². The Morgan fingerprint density at radius 1 is 1.00 bits per heavy atom. The van der Waals surface area contributed by atoms with Crippen LogP contribution in [0.15, 0.2) is 48.7 Å². The third kappa shape index (κ3) is 3.54. The van der Waals surface area contributed by atoms with E-state index in [0.29, 0.717) is 11.3 Å². The van der Waals surface area contributed by atoms with Crippen LogP contribution in [0.25, 0.3) is 0 Å². The Labute approximate surface area is 110 Å². The normalized spacial score (nSPS) is 12.6. The lowest BCUT2D eigenvalue weighted by Gasteiger charge is -2.13. The maximum atomic E-state index is 12.4. The molecule has 0 bridgehead atoms. The van der Waals surface area contributed by atoms with Gasteiger partial charge in [0.05, 0.1) is 17.3 Å². The van der Waals surface area contributed by atoms with Crippen molar-refractivity contribution in [2.24, 2.45) is 5.73 Å². The van der Waals surface area contributed by atoms with Crippen LogP contribution < -0.4 is 5.73 Å². The van der Waals surface area contributed by atoms with E-state index in [-0.39, 0.29) is 7.43 Å². The van der Waals surface area contributed by atoms with Gasteiger partial charge in [0.1, 0.15) is 0 Å². The molecular formula is C14H15F3N2. The zero-order valence-electron chi connectivity index (χ0n) is 9.35. The average Bonchev–Trinajstić information content (AvgIpc) is 2.38. The number of alkyl halides is 3. The highest BCUT2D eigenvalue weighted by molar-refractivity contribution is 5.31. The summed E-state index contributed by atoms with van der Waals surface area (Å²) in [7, 11) is 0. The average molecular weight is 268 g/mol.